The molecular formula is C24H18N2O5. The van der Waals surface area contributed by atoms with Crippen molar-refractivity contribution in [3.8, 4) is 33.8 Å². The molecule has 0 atom stereocenters. The van der Waals surface area contributed by atoms with Crippen LogP contribution < -0.4 is 0 Å². The molecule has 0 bridgehead atoms. The fraction of sp³-hybridized carbons (Fsp3) is 0.0833. The number of nitrogens with zero attached hydrogens (tertiary/aromatic N) is 2. The highest BCUT2D eigenvalue weighted by atomic mass is 16.6. The molecule has 0 aliphatic carbocycles. The number of carbonyl (C=O) groups is 1. The zero-order valence-corrected chi connectivity index (χ0v) is 16.6. The van der Waals surface area contributed by atoms with E-state index in [1.54, 1.807) is 43.5 Å². The lowest BCUT2D eigenvalue weighted by atomic mass is 9.96. The number of benzene rings is 2. The summed E-state index contributed by atoms with van der Waals surface area (Å²) in [5.41, 5.74) is 3.27. The van der Waals surface area contributed by atoms with Gasteiger partial charge in [0.1, 0.15) is 5.69 Å². The SMILES string of the molecule is CCOC(=O)c1cc(-c2ccccc2)c(-c2ccco2)nc1-c1ccc([N+](=O)[O-])cc1. The van der Waals surface area contributed by atoms with Crippen LogP contribution in [0.3, 0.4) is 0 Å². The Morgan fingerprint density at radius 1 is 1.00 bits per heavy atom. The van der Waals surface area contributed by atoms with Gasteiger partial charge in [-0.2, -0.15) is 0 Å². The van der Waals surface area contributed by atoms with Crippen LogP contribution in [-0.2, 0) is 4.74 Å². The molecule has 7 heteroatoms. The summed E-state index contributed by atoms with van der Waals surface area (Å²) in [5, 5.41) is 11.0. The van der Waals surface area contributed by atoms with Crippen molar-refractivity contribution in [2.75, 3.05) is 6.61 Å². The van der Waals surface area contributed by atoms with Gasteiger partial charge in [0, 0.05) is 23.3 Å². The standard InChI is InChI=1S/C24H18N2O5/c1-2-30-24(27)20-15-19(16-7-4-3-5-8-16)23(21-9-6-14-31-21)25-22(20)17-10-12-18(13-11-17)26(28)29/h3-15H,2H2,1H3. The lowest BCUT2D eigenvalue weighted by Gasteiger charge is -2.14. The average molecular weight is 414 g/mol. The molecule has 2 heterocycles. The van der Waals surface area contributed by atoms with Crippen LogP contribution in [0.25, 0.3) is 33.8 Å². The van der Waals surface area contributed by atoms with Gasteiger partial charge in [-0.3, -0.25) is 10.1 Å². The summed E-state index contributed by atoms with van der Waals surface area (Å²) >= 11 is 0. The Morgan fingerprint density at radius 3 is 2.35 bits per heavy atom. The molecule has 0 radical (unpaired) electrons. The minimum absolute atomic E-state index is 0.0476. The number of hydrogen-bond donors (Lipinski definition) is 0. The largest absolute Gasteiger partial charge is 0.463 e. The van der Waals surface area contributed by atoms with E-state index < -0.39 is 10.9 Å². The van der Waals surface area contributed by atoms with Gasteiger partial charge in [-0.1, -0.05) is 30.3 Å². The molecule has 0 unspecified atom stereocenters. The minimum atomic E-state index is -0.522. The second-order valence-electron chi connectivity index (χ2n) is 6.65. The number of rotatable bonds is 6. The van der Waals surface area contributed by atoms with Gasteiger partial charge in [0.2, 0.25) is 0 Å². The molecule has 0 spiro atoms. The normalized spacial score (nSPS) is 10.6. The highest BCUT2D eigenvalue weighted by molar-refractivity contribution is 5.99. The van der Waals surface area contributed by atoms with Crippen molar-refractivity contribution in [1.29, 1.82) is 0 Å². The van der Waals surface area contributed by atoms with E-state index in [9.17, 15) is 14.9 Å². The Labute approximate surface area is 178 Å². The first-order valence-electron chi connectivity index (χ1n) is 9.64. The number of carbonyl (C=O) groups excluding carboxylic acids is 1. The Kier molecular flexibility index (Phi) is 5.57. The number of nitro groups is 1. The van der Waals surface area contributed by atoms with Crippen LogP contribution in [0, 0.1) is 10.1 Å². The molecule has 2 aromatic carbocycles. The van der Waals surface area contributed by atoms with E-state index in [0.29, 0.717) is 28.3 Å². The number of furan rings is 1. The minimum Gasteiger partial charge on any atom is -0.463 e. The molecule has 0 saturated carbocycles. The molecule has 0 saturated heterocycles. The first-order valence-corrected chi connectivity index (χ1v) is 9.64. The topological polar surface area (TPSA) is 95.5 Å². The first-order chi connectivity index (χ1) is 15.1. The third-order valence-electron chi connectivity index (χ3n) is 4.71. The smallest absolute Gasteiger partial charge is 0.340 e. The molecule has 0 fully saturated rings. The zero-order chi connectivity index (χ0) is 21.8. The maximum Gasteiger partial charge on any atom is 0.340 e. The highest BCUT2D eigenvalue weighted by Gasteiger charge is 2.22. The van der Waals surface area contributed by atoms with Gasteiger partial charge in [-0.25, -0.2) is 9.78 Å². The zero-order valence-electron chi connectivity index (χ0n) is 16.6. The summed E-state index contributed by atoms with van der Waals surface area (Å²) in [7, 11) is 0. The molecule has 31 heavy (non-hydrogen) atoms. The van der Waals surface area contributed by atoms with Crippen molar-refractivity contribution >= 4 is 11.7 Å². The van der Waals surface area contributed by atoms with Crippen molar-refractivity contribution in [2.24, 2.45) is 0 Å². The van der Waals surface area contributed by atoms with E-state index >= 15 is 0 Å². The molecule has 4 aromatic rings. The summed E-state index contributed by atoms with van der Waals surface area (Å²) in [6.45, 7) is 1.94. The molecule has 0 aliphatic heterocycles. The van der Waals surface area contributed by atoms with Crippen LogP contribution in [0.1, 0.15) is 17.3 Å². The fourth-order valence-electron chi connectivity index (χ4n) is 3.28. The van der Waals surface area contributed by atoms with Gasteiger partial charge in [-0.05, 0) is 42.8 Å². The monoisotopic (exact) mass is 414 g/mol. The van der Waals surface area contributed by atoms with Gasteiger partial charge >= 0.3 is 5.97 Å². The highest BCUT2D eigenvalue weighted by Crippen LogP contribution is 2.36. The van der Waals surface area contributed by atoms with Crippen molar-refractivity contribution in [3.63, 3.8) is 0 Å². The number of hydrogen-bond acceptors (Lipinski definition) is 6. The first kappa shape index (κ1) is 20.0. The Balaban J connectivity index is 1.97. The number of esters is 1. The van der Waals surface area contributed by atoms with Crippen LogP contribution in [0.4, 0.5) is 5.69 Å². The maximum atomic E-state index is 12.8. The fourth-order valence-corrected chi connectivity index (χ4v) is 3.28. The lowest BCUT2D eigenvalue weighted by molar-refractivity contribution is -0.384. The molecular weight excluding hydrogens is 396 g/mol. The van der Waals surface area contributed by atoms with Crippen molar-refractivity contribution in [3.05, 3.63) is 94.7 Å². The number of pyridine rings is 1. The van der Waals surface area contributed by atoms with Crippen LogP contribution in [0.5, 0.6) is 0 Å². The van der Waals surface area contributed by atoms with E-state index in [4.69, 9.17) is 14.1 Å². The molecule has 4 rings (SSSR count). The van der Waals surface area contributed by atoms with Gasteiger partial charge < -0.3 is 9.15 Å². The van der Waals surface area contributed by atoms with Gasteiger partial charge in [0.25, 0.3) is 5.69 Å². The molecule has 7 nitrogen and oxygen atoms in total. The average Bonchev–Trinajstić information content (AvgIpc) is 3.34. The van der Waals surface area contributed by atoms with Crippen LogP contribution >= 0.6 is 0 Å². The van der Waals surface area contributed by atoms with Crippen molar-refractivity contribution in [1.82, 2.24) is 4.98 Å². The summed E-state index contributed by atoms with van der Waals surface area (Å²) in [4.78, 5) is 28.1. The van der Waals surface area contributed by atoms with Crippen LogP contribution in [0.15, 0.2) is 83.5 Å². The number of nitro benzene ring substituents is 1. The van der Waals surface area contributed by atoms with E-state index in [2.05, 4.69) is 0 Å². The third kappa shape index (κ3) is 4.06. The Bertz CT molecular complexity index is 1220. The van der Waals surface area contributed by atoms with Gasteiger partial charge in [-0.15, -0.1) is 0 Å². The molecule has 154 valence electrons. The van der Waals surface area contributed by atoms with E-state index in [0.717, 1.165) is 5.56 Å². The van der Waals surface area contributed by atoms with E-state index in [-0.39, 0.29) is 17.9 Å². The van der Waals surface area contributed by atoms with Crippen LogP contribution in [0.2, 0.25) is 0 Å². The lowest BCUT2D eigenvalue weighted by Crippen LogP contribution is -2.09. The Morgan fingerprint density at radius 2 is 1.74 bits per heavy atom. The summed E-state index contributed by atoms with van der Waals surface area (Å²) in [5.74, 6) is 0.0175. The number of ether oxygens (including phenoxy) is 1. The second kappa shape index (κ2) is 8.62. The van der Waals surface area contributed by atoms with Crippen molar-refractivity contribution < 1.29 is 18.9 Å². The number of non-ortho nitro benzene ring substituents is 1. The van der Waals surface area contributed by atoms with Crippen LogP contribution in [-0.4, -0.2) is 22.5 Å². The molecule has 2 aromatic heterocycles. The summed E-state index contributed by atoms with van der Waals surface area (Å²) in [6, 6.07) is 20.7. The quantitative estimate of drug-likeness (QED) is 0.226. The summed E-state index contributed by atoms with van der Waals surface area (Å²) < 4.78 is 10.9. The predicted octanol–water partition coefficient (Wildman–Crippen LogP) is 5.76. The molecule has 0 N–H and O–H groups in total. The van der Waals surface area contributed by atoms with Gasteiger partial charge in [0.15, 0.2) is 5.76 Å². The second-order valence-corrected chi connectivity index (χ2v) is 6.65. The van der Waals surface area contributed by atoms with E-state index in [1.165, 1.54) is 12.1 Å². The van der Waals surface area contributed by atoms with Crippen molar-refractivity contribution in [2.45, 2.75) is 6.92 Å². The molecule has 0 aliphatic rings. The molecule has 0 amide bonds. The summed E-state index contributed by atoms with van der Waals surface area (Å²) in [6.07, 6.45) is 1.55. The van der Waals surface area contributed by atoms with E-state index in [1.807, 2.05) is 30.3 Å². The van der Waals surface area contributed by atoms with Gasteiger partial charge in [0.05, 0.1) is 29.1 Å². The third-order valence-corrected chi connectivity index (χ3v) is 4.71. The Hall–Kier alpha value is -4.26. The number of aromatic nitrogens is 1. The maximum absolute atomic E-state index is 12.8. The predicted molar refractivity (Wildman–Crippen MR) is 115 cm³/mol.